The topological polar surface area (TPSA) is 75.0 Å². The third-order valence-electron chi connectivity index (χ3n) is 6.35. The highest BCUT2D eigenvalue weighted by Gasteiger charge is 2.34. The van der Waals surface area contributed by atoms with Crippen LogP contribution in [0.1, 0.15) is 58.0 Å². The highest BCUT2D eigenvalue weighted by Crippen LogP contribution is 2.45. The lowest BCUT2D eigenvalue weighted by Crippen LogP contribution is -2.23. The fourth-order valence-corrected chi connectivity index (χ4v) is 4.87. The molecule has 0 saturated carbocycles. The molecule has 2 heterocycles. The Kier molecular flexibility index (Phi) is 4.73. The number of carbonyl (C=O) groups is 1. The van der Waals surface area contributed by atoms with Gasteiger partial charge >= 0.3 is 5.63 Å². The Morgan fingerprint density at radius 2 is 1.77 bits per heavy atom. The van der Waals surface area contributed by atoms with Crippen molar-refractivity contribution in [3.8, 4) is 17.2 Å². The van der Waals surface area contributed by atoms with E-state index in [1.54, 1.807) is 20.3 Å². The number of hydrogen-bond donors (Lipinski definition) is 0. The monoisotopic (exact) mass is 420 g/mol. The molecule has 1 aliphatic carbocycles. The van der Waals surface area contributed by atoms with Crippen LogP contribution in [0.15, 0.2) is 33.5 Å². The molecule has 6 nitrogen and oxygen atoms in total. The molecule has 0 saturated heterocycles. The van der Waals surface area contributed by atoms with Crippen LogP contribution in [-0.4, -0.2) is 20.0 Å². The van der Waals surface area contributed by atoms with Crippen LogP contribution in [0.4, 0.5) is 0 Å². The molecule has 1 atom stereocenters. The van der Waals surface area contributed by atoms with Crippen molar-refractivity contribution in [2.45, 2.75) is 45.1 Å². The smallest absolute Gasteiger partial charge is 0.339 e. The maximum Gasteiger partial charge on any atom is 0.339 e. The summed E-state index contributed by atoms with van der Waals surface area (Å²) >= 11 is 0. The number of hydrogen-bond acceptors (Lipinski definition) is 6. The van der Waals surface area contributed by atoms with Gasteiger partial charge in [-0.2, -0.15) is 0 Å². The van der Waals surface area contributed by atoms with E-state index >= 15 is 0 Å². The van der Waals surface area contributed by atoms with Gasteiger partial charge in [0.25, 0.3) is 0 Å². The number of ketones is 1. The van der Waals surface area contributed by atoms with Gasteiger partial charge in [0.1, 0.15) is 28.9 Å². The molecule has 3 aromatic rings. The van der Waals surface area contributed by atoms with E-state index < -0.39 is 6.10 Å². The Morgan fingerprint density at radius 3 is 2.52 bits per heavy atom. The number of carbonyl (C=O) groups excluding carboxylic acids is 1. The van der Waals surface area contributed by atoms with Gasteiger partial charge in [-0.15, -0.1) is 0 Å². The number of methoxy groups -OCH3 is 2. The van der Waals surface area contributed by atoms with Gasteiger partial charge < -0.3 is 18.6 Å². The zero-order valence-electron chi connectivity index (χ0n) is 17.9. The molecule has 5 rings (SSSR count). The molecule has 0 amide bonds. The molecule has 1 aliphatic heterocycles. The predicted molar refractivity (Wildman–Crippen MR) is 116 cm³/mol. The SMILES string of the molecule is COc1ccc(OC)c([C@H]2CC(=O)c3c(C)cc4oc(=O)c5c(c4c3O2)CCCC5)c1. The van der Waals surface area contributed by atoms with Crippen LogP contribution < -0.4 is 19.8 Å². The molecular weight excluding hydrogens is 396 g/mol. The molecule has 0 spiro atoms. The Bertz CT molecular complexity index is 1270. The number of aryl methyl sites for hydroxylation is 2. The first-order valence-corrected chi connectivity index (χ1v) is 10.6. The molecule has 0 unspecified atom stereocenters. The first-order chi connectivity index (χ1) is 15.0. The van der Waals surface area contributed by atoms with E-state index in [-0.39, 0.29) is 17.8 Å². The van der Waals surface area contributed by atoms with Crippen LogP contribution in [-0.2, 0) is 12.8 Å². The minimum atomic E-state index is -0.527. The Balaban J connectivity index is 1.74. The van der Waals surface area contributed by atoms with Crippen LogP contribution >= 0.6 is 0 Å². The lowest BCUT2D eigenvalue weighted by Gasteiger charge is -2.30. The van der Waals surface area contributed by atoms with E-state index in [2.05, 4.69) is 0 Å². The largest absolute Gasteiger partial charge is 0.497 e. The van der Waals surface area contributed by atoms with E-state index in [1.165, 1.54) is 0 Å². The number of benzene rings is 2. The summed E-state index contributed by atoms with van der Waals surface area (Å²) in [5.41, 5.74) is 3.95. The maximum atomic E-state index is 13.3. The van der Waals surface area contributed by atoms with Gasteiger partial charge in [0, 0.05) is 11.1 Å². The maximum absolute atomic E-state index is 13.3. The van der Waals surface area contributed by atoms with Crippen molar-refractivity contribution < 1.29 is 23.4 Å². The minimum Gasteiger partial charge on any atom is -0.497 e. The molecule has 31 heavy (non-hydrogen) atoms. The summed E-state index contributed by atoms with van der Waals surface area (Å²) in [6.45, 7) is 1.85. The quantitative estimate of drug-likeness (QED) is 0.572. The van der Waals surface area contributed by atoms with E-state index in [4.69, 9.17) is 18.6 Å². The highest BCUT2D eigenvalue weighted by molar-refractivity contribution is 6.07. The second-order valence-corrected chi connectivity index (χ2v) is 8.17. The van der Waals surface area contributed by atoms with Gasteiger partial charge in [-0.1, -0.05) is 0 Å². The van der Waals surface area contributed by atoms with E-state index in [1.807, 2.05) is 25.1 Å². The van der Waals surface area contributed by atoms with Crippen LogP contribution in [0.5, 0.6) is 17.2 Å². The van der Waals surface area contributed by atoms with Crippen molar-refractivity contribution in [1.82, 2.24) is 0 Å². The molecule has 6 heteroatoms. The molecule has 2 aliphatic rings. The lowest BCUT2D eigenvalue weighted by atomic mass is 9.86. The summed E-state index contributed by atoms with van der Waals surface area (Å²) in [6.07, 6.45) is 3.09. The second kappa shape index (κ2) is 7.45. The number of ether oxygens (including phenoxy) is 3. The standard InChI is InChI=1S/C25H24O6/c1-13-10-21-23(15-6-4-5-7-16(15)25(27)31-21)24-22(13)18(26)12-20(30-24)17-11-14(28-2)8-9-19(17)29-3/h8-11,20H,4-7,12H2,1-3H3/t20-/m1/s1. The summed E-state index contributed by atoms with van der Waals surface area (Å²) in [5, 5.41) is 0.759. The molecule has 0 radical (unpaired) electrons. The average molecular weight is 420 g/mol. The number of fused-ring (bicyclic) bond motifs is 5. The van der Waals surface area contributed by atoms with Crippen molar-refractivity contribution >= 4 is 16.8 Å². The van der Waals surface area contributed by atoms with Gasteiger partial charge in [-0.3, -0.25) is 4.79 Å². The molecular formula is C25H24O6. The molecule has 0 N–H and O–H groups in total. The van der Waals surface area contributed by atoms with Gasteiger partial charge in [-0.05, 0) is 68.0 Å². The summed E-state index contributed by atoms with van der Waals surface area (Å²) < 4.78 is 23.1. The fourth-order valence-electron chi connectivity index (χ4n) is 4.87. The first-order valence-electron chi connectivity index (χ1n) is 10.6. The summed E-state index contributed by atoms with van der Waals surface area (Å²) in [5.74, 6) is 1.82. The number of Topliss-reactive ketones (excluding diaryl/α,β-unsaturated/α-hetero) is 1. The Morgan fingerprint density at radius 1 is 1.00 bits per heavy atom. The molecule has 2 aromatic carbocycles. The third-order valence-corrected chi connectivity index (χ3v) is 6.35. The van der Waals surface area contributed by atoms with Gasteiger partial charge in [-0.25, -0.2) is 4.79 Å². The predicted octanol–water partition coefficient (Wildman–Crippen LogP) is 4.70. The van der Waals surface area contributed by atoms with Crippen LogP contribution in [0.2, 0.25) is 0 Å². The van der Waals surface area contributed by atoms with E-state index in [9.17, 15) is 9.59 Å². The zero-order chi connectivity index (χ0) is 21.7. The van der Waals surface area contributed by atoms with Crippen molar-refractivity contribution in [2.75, 3.05) is 14.2 Å². The third kappa shape index (κ3) is 3.09. The minimum absolute atomic E-state index is 0.00582. The summed E-state index contributed by atoms with van der Waals surface area (Å²) in [6, 6.07) is 7.26. The van der Waals surface area contributed by atoms with Crippen LogP contribution in [0.3, 0.4) is 0 Å². The molecule has 0 bridgehead atoms. The Hall–Kier alpha value is -3.28. The van der Waals surface area contributed by atoms with Gasteiger partial charge in [0.15, 0.2) is 5.78 Å². The Labute approximate surface area is 179 Å². The van der Waals surface area contributed by atoms with Crippen LogP contribution in [0.25, 0.3) is 11.0 Å². The normalized spacial score (nSPS) is 17.6. The van der Waals surface area contributed by atoms with Crippen molar-refractivity contribution in [2.24, 2.45) is 0 Å². The lowest BCUT2D eigenvalue weighted by molar-refractivity contribution is 0.0849. The van der Waals surface area contributed by atoms with Crippen LogP contribution in [0, 0.1) is 6.92 Å². The summed E-state index contributed by atoms with van der Waals surface area (Å²) in [4.78, 5) is 25.8. The second-order valence-electron chi connectivity index (χ2n) is 8.17. The van der Waals surface area contributed by atoms with Gasteiger partial charge in [0.05, 0.1) is 31.6 Å². The van der Waals surface area contributed by atoms with E-state index in [0.717, 1.165) is 41.3 Å². The summed E-state index contributed by atoms with van der Waals surface area (Å²) in [7, 11) is 3.19. The first kappa shape index (κ1) is 19.7. The van der Waals surface area contributed by atoms with Crippen molar-refractivity contribution in [3.63, 3.8) is 0 Å². The number of rotatable bonds is 3. The van der Waals surface area contributed by atoms with Gasteiger partial charge in [0.2, 0.25) is 0 Å². The molecule has 1 aromatic heterocycles. The molecule has 160 valence electrons. The average Bonchev–Trinajstić information content (AvgIpc) is 2.78. The molecule has 0 fully saturated rings. The van der Waals surface area contributed by atoms with Crippen molar-refractivity contribution in [1.29, 1.82) is 0 Å². The highest BCUT2D eigenvalue weighted by atomic mass is 16.5. The fraction of sp³-hybridized carbons (Fsp3) is 0.360. The van der Waals surface area contributed by atoms with Crippen molar-refractivity contribution in [3.05, 3.63) is 62.5 Å². The zero-order valence-corrected chi connectivity index (χ0v) is 17.9. The van der Waals surface area contributed by atoms with E-state index in [0.29, 0.717) is 40.4 Å².